The van der Waals surface area contributed by atoms with Crippen LogP contribution in [0.4, 0.5) is 0 Å². The fraction of sp³-hybridized carbons (Fsp3) is 0.652. The van der Waals surface area contributed by atoms with E-state index in [0.717, 1.165) is 51.4 Å². The number of esters is 2. The van der Waals surface area contributed by atoms with E-state index in [0.29, 0.717) is 30.2 Å². The van der Waals surface area contributed by atoms with Crippen LogP contribution in [0.1, 0.15) is 90.4 Å². The number of carbonyl (C=O) groups excluding carboxylic acids is 2. The zero-order valence-corrected chi connectivity index (χ0v) is 18.0. The van der Waals surface area contributed by atoms with E-state index < -0.39 is 0 Å². The predicted octanol–water partition coefficient (Wildman–Crippen LogP) is 6.88. The molecule has 28 heavy (non-hydrogen) atoms. The van der Waals surface area contributed by atoms with Gasteiger partial charge in [0.2, 0.25) is 0 Å². The largest absolute Gasteiger partial charge is 0.466 e. The molecule has 0 heterocycles. The summed E-state index contributed by atoms with van der Waals surface area (Å²) >= 11 is 5.80. The van der Waals surface area contributed by atoms with Crippen molar-refractivity contribution < 1.29 is 19.1 Å². The van der Waals surface area contributed by atoms with Crippen LogP contribution in [-0.4, -0.2) is 18.5 Å². The van der Waals surface area contributed by atoms with Gasteiger partial charge in [-0.3, -0.25) is 9.59 Å². The average Bonchev–Trinajstić information content (AvgIpc) is 2.68. The molecular weight excluding hydrogens is 376 g/mol. The molecule has 1 rings (SSSR count). The van der Waals surface area contributed by atoms with Gasteiger partial charge in [-0.25, -0.2) is 0 Å². The molecule has 0 saturated heterocycles. The summed E-state index contributed by atoms with van der Waals surface area (Å²) in [5.74, 6) is 0.252. The van der Waals surface area contributed by atoms with Crippen molar-refractivity contribution in [2.45, 2.75) is 90.4 Å². The molecule has 0 aliphatic heterocycles. The first-order valence-corrected chi connectivity index (χ1v) is 11.1. The minimum absolute atomic E-state index is 0.0690. The Morgan fingerprint density at radius 1 is 0.750 bits per heavy atom. The van der Waals surface area contributed by atoms with Gasteiger partial charge in [0.25, 0.3) is 0 Å². The molecule has 0 atom stereocenters. The number of rotatable bonds is 16. The maximum Gasteiger partial charge on any atom is 0.311 e. The molecule has 0 bridgehead atoms. The lowest BCUT2D eigenvalue weighted by atomic mass is 10.1. The van der Waals surface area contributed by atoms with Crippen LogP contribution < -0.4 is 4.74 Å². The van der Waals surface area contributed by atoms with Gasteiger partial charge in [0.05, 0.1) is 6.61 Å². The quantitative estimate of drug-likeness (QED) is 0.169. The van der Waals surface area contributed by atoms with Gasteiger partial charge in [0.1, 0.15) is 5.75 Å². The summed E-state index contributed by atoms with van der Waals surface area (Å²) in [7, 11) is 0. The second-order valence-electron chi connectivity index (χ2n) is 7.18. The van der Waals surface area contributed by atoms with Gasteiger partial charge in [0.15, 0.2) is 0 Å². The Bertz CT molecular complexity index is 542. The van der Waals surface area contributed by atoms with Crippen molar-refractivity contribution in [2.24, 2.45) is 0 Å². The third-order valence-electron chi connectivity index (χ3n) is 4.57. The van der Waals surface area contributed by atoms with Gasteiger partial charge < -0.3 is 9.47 Å². The molecule has 0 fully saturated rings. The number of halogens is 1. The van der Waals surface area contributed by atoms with E-state index in [2.05, 4.69) is 6.92 Å². The lowest BCUT2D eigenvalue weighted by Crippen LogP contribution is -2.07. The number of unbranched alkanes of at least 4 members (excludes halogenated alkanes) is 9. The third-order valence-corrected chi connectivity index (χ3v) is 4.82. The van der Waals surface area contributed by atoms with E-state index in [1.54, 1.807) is 24.3 Å². The molecule has 0 unspecified atom stereocenters. The van der Waals surface area contributed by atoms with E-state index >= 15 is 0 Å². The predicted molar refractivity (Wildman–Crippen MR) is 114 cm³/mol. The molecule has 1 aromatic rings. The molecule has 1 aromatic carbocycles. The fourth-order valence-corrected chi connectivity index (χ4v) is 3.02. The van der Waals surface area contributed by atoms with Crippen molar-refractivity contribution in [1.29, 1.82) is 0 Å². The molecule has 0 aromatic heterocycles. The number of ether oxygens (including phenoxy) is 2. The number of hydrogen-bond acceptors (Lipinski definition) is 4. The summed E-state index contributed by atoms with van der Waals surface area (Å²) < 4.78 is 10.5. The van der Waals surface area contributed by atoms with E-state index in [1.165, 1.54) is 19.3 Å². The SMILES string of the molecule is CCCCCCCOC(=O)CCCCCCCCC(=O)Oc1ccc(Cl)cc1. The smallest absolute Gasteiger partial charge is 0.311 e. The first-order valence-electron chi connectivity index (χ1n) is 10.7. The number of benzene rings is 1. The lowest BCUT2D eigenvalue weighted by Gasteiger charge is -2.05. The van der Waals surface area contributed by atoms with Crippen molar-refractivity contribution >= 4 is 23.5 Å². The van der Waals surface area contributed by atoms with E-state index in [9.17, 15) is 9.59 Å². The van der Waals surface area contributed by atoms with Crippen molar-refractivity contribution in [2.75, 3.05) is 6.61 Å². The normalized spacial score (nSPS) is 10.6. The van der Waals surface area contributed by atoms with Gasteiger partial charge in [-0.1, -0.05) is 69.9 Å². The minimum Gasteiger partial charge on any atom is -0.466 e. The molecule has 0 radical (unpaired) electrons. The molecule has 0 spiro atoms. The Labute approximate surface area is 174 Å². The maximum absolute atomic E-state index is 11.8. The van der Waals surface area contributed by atoms with Crippen molar-refractivity contribution in [3.8, 4) is 5.75 Å². The minimum atomic E-state index is -0.209. The monoisotopic (exact) mass is 410 g/mol. The highest BCUT2D eigenvalue weighted by atomic mass is 35.5. The van der Waals surface area contributed by atoms with Crippen LogP contribution in [-0.2, 0) is 14.3 Å². The highest BCUT2D eigenvalue weighted by Gasteiger charge is 2.05. The molecule has 0 aliphatic rings. The van der Waals surface area contributed by atoms with E-state index in [-0.39, 0.29) is 11.9 Å². The van der Waals surface area contributed by atoms with E-state index in [1.807, 2.05) is 0 Å². The molecule has 158 valence electrons. The molecular formula is C23H35ClO4. The number of hydrogen-bond donors (Lipinski definition) is 0. The highest BCUT2D eigenvalue weighted by molar-refractivity contribution is 6.30. The summed E-state index contributed by atoms with van der Waals surface area (Å²) in [5, 5.41) is 0.621. The Morgan fingerprint density at radius 3 is 1.93 bits per heavy atom. The molecule has 0 saturated carbocycles. The Morgan fingerprint density at radius 2 is 1.29 bits per heavy atom. The Kier molecular flexibility index (Phi) is 14.4. The molecule has 0 N–H and O–H groups in total. The second kappa shape index (κ2) is 16.4. The summed E-state index contributed by atoms with van der Waals surface area (Å²) in [4.78, 5) is 23.4. The second-order valence-corrected chi connectivity index (χ2v) is 7.62. The molecule has 5 heteroatoms. The fourth-order valence-electron chi connectivity index (χ4n) is 2.89. The van der Waals surface area contributed by atoms with Crippen LogP contribution >= 0.6 is 11.6 Å². The number of carbonyl (C=O) groups is 2. The van der Waals surface area contributed by atoms with Crippen LogP contribution in [0.5, 0.6) is 5.75 Å². The van der Waals surface area contributed by atoms with Crippen LogP contribution in [0, 0.1) is 0 Å². The average molecular weight is 411 g/mol. The maximum atomic E-state index is 11.8. The van der Waals surface area contributed by atoms with Crippen LogP contribution in [0.2, 0.25) is 5.02 Å². The van der Waals surface area contributed by atoms with Crippen LogP contribution in [0.25, 0.3) is 0 Å². The third kappa shape index (κ3) is 13.6. The summed E-state index contributed by atoms with van der Waals surface area (Å²) in [5.41, 5.74) is 0. The molecule has 0 amide bonds. The van der Waals surface area contributed by atoms with Crippen LogP contribution in [0.15, 0.2) is 24.3 Å². The highest BCUT2D eigenvalue weighted by Crippen LogP contribution is 2.17. The van der Waals surface area contributed by atoms with Crippen molar-refractivity contribution in [3.05, 3.63) is 29.3 Å². The van der Waals surface area contributed by atoms with Gasteiger partial charge in [-0.2, -0.15) is 0 Å². The van der Waals surface area contributed by atoms with Gasteiger partial charge in [-0.05, 0) is 43.5 Å². The molecule has 4 nitrogen and oxygen atoms in total. The summed E-state index contributed by atoms with van der Waals surface area (Å²) in [6.07, 6.45) is 12.7. The molecule has 0 aliphatic carbocycles. The lowest BCUT2D eigenvalue weighted by molar-refractivity contribution is -0.144. The first kappa shape index (κ1) is 24.5. The zero-order chi connectivity index (χ0) is 20.5. The topological polar surface area (TPSA) is 52.6 Å². The zero-order valence-electron chi connectivity index (χ0n) is 17.2. The van der Waals surface area contributed by atoms with Gasteiger partial charge in [0, 0.05) is 17.9 Å². The van der Waals surface area contributed by atoms with Crippen molar-refractivity contribution in [3.63, 3.8) is 0 Å². The Balaban J connectivity index is 1.88. The van der Waals surface area contributed by atoms with Crippen molar-refractivity contribution in [1.82, 2.24) is 0 Å². The first-order chi connectivity index (χ1) is 13.6. The summed E-state index contributed by atoms with van der Waals surface area (Å²) in [6, 6.07) is 6.79. The van der Waals surface area contributed by atoms with E-state index in [4.69, 9.17) is 21.1 Å². The Hall–Kier alpha value is -1.55. The van der Waals surface area contributed by atoms with Gasteiger partial charge >= 0.3 is 11.9 Å². The van der Waals surface area contributed by atoms with Gasteiger partial charge in [-0.15, -0.1) is 0 Å². The van der Waals surface area contributed by atoms with Crippen LogP contribution in [0.3, 0.4) is 0 Å². The summed E-state index contributed by atoms with van der Waals surface area (Å²) in [6.45, 7) is 2.76. The standard InChI is InChI=1S/C23H35ClO4/c1-2-3-4-9-12-19-27-22(25)13-10-7-5-6-8-11-14-23(26)28-21-17-15-20(24)16-18-21/h15-18H,2-14,19H2,1H3.